The Kier molecular flexibility index (Phi) is 0.426. The van der Waals surface area contributed by atoms with Crippen LogP contribution < -0.4 is 0 Å². The van der Waals surface area contributed by atoms with Crippen molar-refractivity contribution in [3.63, 3.8) is 0 Å². The maximum Gasteiger partial charge on any atom is -0.0132 e. The van der Waals surface area contributed by atoms with Gasteiger partial charge in [-0.05, 0) is 48.3 Å². The molecule has 4 saturated carbocycles. The first-order valence-electron chi connectivity index (χ1n) is 4.57. The van der Waals surface area contributed by atoms with Crippen LogP contribution >= 0.6 is 0 Å². The second-order valence-corrected chi connectivity index (χ2v) is 4.70. The highest BCUT2D eigenvalue weighted by atomic mass is 15.0. The molecule has 2 spiro atoms. The van der Waals surface area contributed by atoms with Gasteiger partial charge in [-0.3, -0.25) is 0 Å². The summed E-state index contributed by atoms with van der Waals surface area (Å²) in [5, 5.41) is 0. The van der Waals surface area contributed by atoms with Crippen molar-refractivity contribution in [2.75, 3.05) is 0 Å². The zero-order chi connectivity index (χ0) is 6.40. The van der Waals surface area contributed by atoms with Crippen LogP contribution in [0.3, 0.4) is 0 Å². The van der Waals surface area contributed by atoms with Crippen LogP contribution in [0.5, 0.6) is 0 Å². The molecule has 0 heteroatoms. The van der Waals surface area contributed by atoms with Crippen LogP contribution in [-0.4, -0.2) is 0 Å². The van der Waals surface area contributed by atoms with Crippen LogP contribution in [0.15, 0.2) is 12.2 Å². The van der Waals surface area contributed by atoms with E-state index in [-0.39, 0.29) is 0 Å². The summed E-state index contributed by atoms with van der Waals surface area (Å²) >= 11 is 0. The highest BCUT2D eigenvalue weighted by molar-refractivity contribution is 5.46. The van der Waals surface area contributed by atoms with Crippen molar-refractivity contribution in [3.05, 3.63) is 12.2 Å². The van der Waals surface area contributed by atoms with Gasteiger partial charge in [0.05, 0.1) is 0 Å². The van der Waals surface area contributed by atoms with Crippen molar-refractivity contribution in [2.45, 2.75) is 25.7 Å². The van der Waals surface area contributed by atoms with E-state index in [0.717, 1.165) is 10.8 Å². The second kappa shape index (κ2) is 0.929. The van der Waals surface area contributed by atoms with Crippen LogP contribution in [0, 0.1) is 22.7 Å². The van der Waals surface area contributed by atoms with E-state index in [0.29, 0.717) is 0 Å². The molecule has 0 nitrogen and oxygen atoms in total. The Morgan fingerprint density at radius 2 is 2.10 bits per heavy atom. The Morgan fingerprint density at radius 3 is 3.00 bits per heavy atom. The second-order valence-electron chi connectivity index (χ2n) is 4.70. The molecule has 0 amide bonds. The molecule has 52 valence electrons. The Labute approximate surface area is 61.3 Å². The summed E-state index contributed by atoms with van der Waals surface area (Å²) in [4.78, 5) is 0. The van der Waals surface area contributed by atoms with E-state index in [1.165, 1.54) is 24.7 Å². The molecule has 0 heterocycles. The number of fused-ring (bicyclic) bond motifs is 1. The van der Waals surface area contributed by atoms with Gasteiger partial charge in [-0.25, -0.2) is 0 Å². The quantitative estimate of drug-likeness (QED) is 0.444. The van der Waals surface area contributed by atoms with Crippen LogP contribution in [0.1, 0.15) is 25.7 Å². The highest BCUT2D eigenvalue weighted by Crippen LogP contribution is 3.01. The third-order valence-corrected chi connectivity index (χ3v) is 4.95. The lowest BCUT2D eigenvalue weighted by molar-refractivity contribution is 0.312. The first kappa shape index (κ1) is 4.58. The third kappa shape index (κ3) is 0.202. The van der Waals surface area contributed by atoms with Crippen LogP contribution in [0.4, 0.5) is 0 Å². The van der Waals surface area contributed by atoms with Crippen molar-refractivity contribution in [1.82, 2.24) is 0 Å². The van der Waals surface area contributed by atoms with E-state index < -0.39 is 0 Å². The van der Waals surface area contributed by atoms with E-state index in [1.807, 2.05) is 0 Å². The van der Waals surface area contributed by atoms with Gasteiger partial charge in [0.25, 0.3) is 0 Å². The smallest absolute Gasteiger partial charge is 0.0132 e. The minimum Gasteiger partial charge on any atom is -0.0879 e. The molecule has 0 aromatic carbocycles. The van der Waals surface area contributed by atoms with Crippen LogP contribution in [-0.2, 0) is 0 Å². The van der Waals surface area contributed by atoms with Crippen molar-refractivity contribution in [3.8, 4) is 0 Å². The van der Waals surface area contributed by atoms with Gasteiger partial charge in [-0.15, -0.1) is 0 Å². The minimum atomic E-state index is 0.909. The zero-order valence-electron chi connectivity index (χ0n) is 6.14. The Balaban J connectivity index is 1.94. The van der Waals surface area contributed by atoms with Crippen molar-refractivity contribution < 1.29 is 0 Å². The van der Waals surface area contributed by atoms with Gasteiger partial charge < -0.3 is 0 Å². The Morgan fingerprint density at radius 1 is 1.20 bits per heavy atom. The van der Waals surface area contributed by atoms with E-state index >= 15 is 0 Å². The van der Waals surface area contributed by atoms with Gasteiger partial charge >= 0.3 is 0 Å². The molecule has 0 saturated heterocycles. The first-order valence-corrected chi connectivity index (χ1v) is 4.57. The summed E-state index contributed by atoms with van der Waals surface area (Å²) in [6.07, 6.45) is 10.9. The molecule has 5 rings (SSSR count). The minimum absolute atomic E-state index is 0.909. The fraction of sp³-hybridized carbons (Fsp3) is 0.800. The van der Waals surface area contributed by atoms with E-state index in [1.54, 1.807) is 12.8 Å². The predicted octanol–water partition coefficient (Wildman–Crippen LogP) is 2.36. The molecule has 0 aliphatic heterocycles. The molecule has 5 aliphatic rings. The van der Waals surface area contributed by atoms with Gasteiger partial charge in [-0.1, -0.05) is 12.2 Å². The lowest BCUT2D eigenvalue weighted by Gasteiger charge is -2.23. The molecule has 4 atom stereocenters. The van der Waals surface area contributed by atoms with Gasteiger partial charge in [0.1, 0.15) is 0 Å². The third-order valence-electron chi connectivity index (χ3n) is 4.95. The largest absolute Gasteiger partial charge is 0.0879 e. The summed E-state index contributed by atoms with van der Waals surface area (Å²) < 4.78 is 0. The standard InChI is InChI=1S/C10H12/c1-2-5-10-7-3-6-9(10,4-1)8(7)10/h1-2,7-8H,3-6H2. The average Bonchev–Trinajstić information content (AvgIpc) is 2.64. The lowest BCUT2D eigenvalue weighted by Crippen LogP contribution is -2.15. The normalized spacial score (nSPS) is 72.8. The summed E-state index contributed by atoms with van der Waals surface area (Å²) in [6, 6.07) is 0. The van der Waals surface area contributed by atoms with E-state index in [2.05, 4.69) is 12.2 Å². The molecule has 4 unspecified atom stereocenters. The summed E-state index contributed by atoms with van der Waals surface area (Å²) in [6.45, 7) is 0. The van der Waals surface area contributed by atoms with Crippen molar-refractivity contribution >= 4 is 0 Å². The molecule has 0 aromatic heterocycles. The SMILES string of the molecule is C1=CCC23C4CCC2(C1)C43. The molecule has 0 N–H and O–H groups in total. The number of hydrogen-bond donors (Lipinski definition) is 0. The van der Waals surface area contributed by atoms with Crippen LogP contribution in [0.25, 0.3) is 0 Å². The van der Waals surface area contributed by atoms with Crippen LogP contribution in [0.2, 0.25) is 0 Å². The summed E-state index contributed by atoms with van der Waals surface area (Å²) in [5.74, 6) is 2.42. The molecule has 0 aromatic rings. The summed E-state index contributed by atoms with van der Waals surface area (Å²) in [5.41, 5.74) is 1.84. The maximum absolute atomic E-state index is 2.43. The predicted molar refractivity (Wildman–Crippen MR) is 39.5 cm³/mol. The average molecular weight is 132 g/mol. The Bertz CT molecular complexity index is 239. The molecule has 10 heavy (non-hydrogen) atoms. The first-order chi connectivity index (χ1) is 4.92. The topological polar surface area (TPSA) is 0 Å². The van der Waals surface area contributed by atoms with Crippen molar-refractivity contribution in [1.29, 1.82) is 0 Å². The molecule has 5 aliphatic carbocycles. The van der Waals surface area contributed by atoms with Crippen molar-refractivity contribution in [2.24, 2.45) is 22.7 Å². The number of hydrogen-bond acceptors (Lipinski definition) is 0. The molecular weight excluding hydrogens is 120 g/mol. The number of allylic oxidation sites excluding steroid dienone is 2. The molecule has 2 bridgehead atoms. The van der Waals surface area contributed by atoms with E-state index in [4.69, 9.17) is 0 Å². The molecular formula is C10H12. The molecule has 4 fully saturated rings. The van der Waals surface area contributed by atoms with E-state index in [9.17, 15) is 0 Å². The van der Waals surface area contributed by atoms with Gasteiger partial charge in [0, 0.05) is 0 Å². The maximum atomic E-state index is 2.43. The highest BCUT2D eigenvalue weighted by Gasteiger charge is 2.96. The molecule has 0 radical (unpaired) electrons. The van der Waals surface area contributed by atoms with Gasteiger partial charge in [0.2, 0.25) is 0 Å². The zero-order valence-corrected chi connectivity index (χ0v) is 6.14. The monoisotopic (exact) mass is 132 g/mol. The Hall–Kier alpha value is -0.260. The summed E-state index contributed by atoms with van der Waals surface area (Å²) in [7, 11) is 0. The lowest BCUT2D eigenvalue weighted by atomic mass is 9.81. The van der Waals surface area contributed by atoms with Gasteiger partial charge in [-0.2, -0.15) is 0 Å². The fourth-order valence-electron chi connectivity index (χ4n) is 4.60. The fourth-order valence-corrected chi connectivity index (χ4v) is 4.60. The van der Waals surface area contributed by atoms with Gasteiger partial charge in [0.15, 0.2) is 0 Å². The number of rotatable bonds is 0.